The Hall–Kier alpha value is -1.17. The van der Waals surface area contributed by atoms with Crippen molar-refractivity contribution in [3.05, 3.63) is 29.6 Å². The third-order valence-corrected chi connectivity index (χ3v) is 2.12. The van der Waals surface area contributed by atoms with E-state index in [-0.39, 0.29) is 32.0 Å². The van der Waals surface area contributed by atoms with Crippen LogP contribution in [-0.4, -0.2) is 34.6 Å². The Bertz CT molecular complexity index is 330. The molecule has 4 nitrogen and oxygen atoms in total. The molecule has 1 rings (SSSR count). The molecule has 0 spiro atoms. The van der Waals surface area contributed by atoms with Crippen LogP contribution in [-0.2, 0) is 6.61 Å². The van der Waals surface area contributed by atoms with E-state index in [0.29, 0.717) is 5.56 Å². The molecule has 5 heteroatoms. The molecular formula is C11H15FO4. The monoisotopic (exact) mass is 230 g/mol. The maximum Gasteiger partial charge on any atom is 0.127 e. The van der Waals surface area contributed by atoms with Crippen molar-refractivity contribution >= 4 is 0 Å². The van der Waals surface area contributed by atoms with Gasteiger partial charge < -0.3 is 20.1 Å². The third kappa shape index (κ3) is 3.77. The van der Waals surface area contributed by atoms with E-state index in [9.17, 15) is 4.39 Å². The van der Waals surface area contributed by atoms with Gasteiger partial charge in [0.05, 0.1) is 25.9 Å². The van der Waals surface area contributed by atoms with Crippen LogP contribution in [0.15, 0.2) is 18.2 Å². The number of halogens is 1. The zero-order chi connectivity index (χ0) is 12.0. The van der Waals surface area contributed by atoms with Crippen LogP contribution in [0.2, 0.25) is 0 Å². The summed E-state index contributed by atoms with van der Waals surface area (Å²) in [5.41, 5.74) is 0.486. The van der Waals surface area contributed by atoms with Gasteiger partial charge >= 0.3 is 0 Å². The minimum absolute atomic E-state index is 0.151. The lowest BCUT2D eigenvalue weighted by Crippen LogP contribution is -2.16. The quantitative estimate of drug-likeness (QED) is 0.663. The molecular weight excluding hydrogens is 215 g/mol. The second kappa shape index (κ2) is 6.42. The Morgan fingerprint density at radius 1 is 1.31 bits per heavy atom. The van der Waals surface area contributed by atoms with E-state index in [2.05, 4.69) is 0 Å². The first-order valence-electron chi connectivity index (χ1n) is 4.98. The van der Waals surface area contributed by atoms with Crippen molar-refractivity contribution in [1.29, 1.82) is 0 Å². The van der Waals surface area contributed by atoms with Crippen molar-refractivity contribution in [2.45, 2.75) is 19.1 Å². The number of aliphatic hydroxyl groups is 3. The molecule has 0 fully saturated rings. The zero-order valence-electron chi connectivity index (χ0n) is 8.77. The third-order valence-electron chi connectivity index (χ3n) is 2.12. The maximum atomic E-state index is 12.9. The highest BCUT2D eigenvalue weighted by atomic mass is 19.1. The van der Waals surface area contributed by atoms with E-state index in [4.69, 9.17) is 20.1 Å². The Labute approximate surface area is 92.9 Å². The van der Waals surface area contributed by atoms with Crippen LogP contribution in [0.1, 0.15) is 12.0 Å². The van der Waals surface area contributed by atoms with Gasteiger partial charge in [0.25, 0.3) is 0 Å². The Balaban J connectivity index is 2.55. The minimum atomic E-state index is -0.842. The summed E-state index contributed by atoms with van der Waals surface area (Å²) in [6, 6.07) is 3.85. The largest absolute Gasteiger partial charge is 0.493 e. The van der Waals surface area contributed by atoms with Crippen molar-refractivity contribution in [2.24, 2.45) is 0 Å². The molecule has 0 aliphatic carbocycles. The number of benzene rings is 1. The van der Waals surface area contributed by atoms with Gasteiger partial charge in [-0.1, -0.05) is 6.07 Å². The number of aliphatic hydroxyl groups excluding tert-OH is 3. The van der Waals surface area contributed by atoms with Gasteiger partial charge in [-0.3, -0.25) is 0 Å². The smallest absolute Gasteiger partial charge is 0.127 e. The summed E-state index contributed by atoms with van der Waals surface area (Å²) < 4.78 is 18.1. The van der Waals surface area contributed by atoms with Crippen LogP contribution in [0.3, 0.4) is 0 Å². The summed E-state index contributed by atoms with van der Waals surface area (Å²) in [7, 11) is 0. The molecule has 0 amide bonds. The fourth-order valence-electron chi connectivity index (χ4n) is 1.19. The van der Waals surface area contributed by atoms with Crippen molar-refractivity contribution < 1.29 is 24.4 Å². The normalized spacial score (nSPS) is 12.5. The molecule has 0 aliphatic heterocycles. The lowest BCUT2D eigenvalue weighted by molar-refractivity contribution is 0.0750. The predicted molar refractivity (Wildman–Crippen MR) is 55.5 cm³/mol. The molecule has 0 bridgehead atoms. The van der Waals surface area contributed by atoms with Crippen LogP contribution >= 0.6 is 0 Å². The fourth-order valence-corrected chi connectivity index (χ4v) is 1.19. The van der Waals surface area contributed by atoms with Gasteiger partial charge in [0.2, 0.25) is 0 Å². The number of rotatable bonds is 6. The molecule has 0 heterocycles. The van der Waals surface area contributed by atoms with Crippen LogP contribution in [0, 0.1) is 5.82 Å². The summed E-state index contributed by atoms with van der Waals surface area (Å²) in [5.74, 6) is -0.192. The Morgan fingerprint density at radius 2 is 2.06 bits per heavy atom. The molecule has 3 N–H and O–H groups in total. The zero-order valence-corrected chi connectivity index (χ0v) is 8.77. The molecule has 1 aromatic rings. The molecule has 90 valence electrons. The van der Waals surface area contributed by atoms with Gasteiger partial charge in [-0.05, 0) is 6.07 Å². The Morgan fingerprint density at radius 3 is 2.69 bits per heavy atom. The molecule has 0 unspecified atom stereocenters. The summed E-state index contributed by atoms with van der Waals surface area (Å²) in [4.78, 5) is 0. The molecule has 1 aromatic carbocycles. The average Bonchev–Trinajstić information content (AvgIpc) is 2.29. The lowest BCUT2D eigenvalue weighted by Gasteiger charge is -2.11. The molecule has 0 saturated heterocycles. The van der Waals surface area contributed by atoms with Gasteiger partial charge in [0.1, 0.15) is 11.6 Å². The topological polar surface area (TPSA) is 69.9 Å². The van der Waals surface area contributed by atoms with Crippen molar-refractivity contribution in [2.75, 3.05) is 13.2 Å². The van der Waals surface area contributed by atoms with Gasteiger partial charge in [-0.2, -0.15) is 0 Å². The molecule has 0 aliphatic rings. The first kappa shape index (κ1) is 12.9. The predicted octanol–water partition coefficient (Wildman–Crippen LogP) is 0.440. The van der Waals surface area contributed by atoms with E-state index < -0.39 is 11.9 Å². The summed E-state index contributed by atoms with van der Waals surface area (Å²) in [5, 5.41) is 26.6. The van der Waals surface area contributed by atoms with Crippen LogP contribution < -0.4 is 4.74 Å². The number of hydrogen-bond acceptors (Lipinski definition) is 4. The first-order valence-corrected chi connectivity index (χ1v) is 4.98. The Kier molecular flexibility index (Phi) is 5.18. The molecule has 0 saturated carbocycles. The van der Waals surface area contributed by atoms with E-state index in [1.165, 1.54) is 18.2 Å². The molecule has 0 aromatic heterocycles. The first-order chi connectivity index (χ1) is 7.67. The lowest BCUT2D eigenvalue weighted by atomic mass is 10.2. The van der Waals surface area contributed by atoms with Gasteiger partial charge in [-0.15, -0.1) is 0 Å². The van der Waals surface area contributed by atoms with Gasteiger partial charge in [0.15, 0.2) is 0 Å². The molecule has 0 radical (unpaired) electrons. The summed E-state index contributed by atoms with van der Waals surface area (Å²) >= 11 is 0. The highest BCUT2D eigenvalue weighted by Crippen LogP contribution is 2.20. The van der Waals surface area contributed by atoms with Crippen LogP contribution in [0.25, 0.3) is 0 Å². The van der Waals surface area contributed by atoms with E-state index in [0.717, 1.165) is 0 Å². The second-order valence-electron chi connectivity index (χ2n) is 3.38. The standard InChI is InChI=1S/C11H15FO4/c12-9-2-1-8(6-13)11(5-9)16-4-3-10(15)7-14/h1-2,5,10,13-15H,3-4,6-7H2/t10-/m0/s1. The SMILES string of the molecule is OCc1ccc(F)cc1OCC[C@H](O)CO. The summed E-state index contributed by atoms with van der Waals surface area (Å²) in [6.07, 6.45) is -0.594. The van der Waals surface area contributed by atoms with Gasteiger partial charge in [-0.25, -0.2) is 4.39 Å². The van der Waals surface area contributed by atoms with Gasteiger partial charge in [0, 0.05) is 18.1 Å². The van der Waals surface area contributed by atoms with Crippen molar-refractivity contribution in [1.82, 2.24) is 0 Å². The summed E-state index contributed by atoms with van der Waals surface area (Å²) in [6.45, 7) is -0.421. The minimum Gasteiger partial charge on any atom is -0.493 e. The fraction of sp³-hybridized carbons (Fsp3) is 0.455. The van der Waals surface area contributed by atoms with E-state index in [1.54, 1.807) is 0 Å². The van der Waals surface area contributed by atoms with E-state index >= 15 is 0 Å². The molecule has 1 atom stereocenters. The number of hydrogen-bond donors (Lipinski definition) is 3. The van der Waals surface area contributed by atoms with Crippen LogP contribution in [0.4, 0.5) is 4.39 Å². The maximum absolute atomic E-state index is 12.9. The molecule has 16 heavy (non-hydrogen) atoms. The average molecular weight is 230 g/mol. The van der Waals surface area contributed by atoms with Crippen molar-refractivity contribution in [3.8, 4) is 5.75 Å². The van der Waals surface area contributed by atoms with E-state index in [1.807, 2.05) is 0 Å². The van der Waals surface area contributed by atoms with Crippen molar-refractivity contribution in [3.63, 3.8) is 0 Å². The number of ether oxygens (including phenoxy) is 1. The second-order valence-corrected chi connectivity index (χ2v) is 3.38. The highest BCUT2D eigenvalue weighted by Gasteiger charge is 2.06. The van der Waals surface area contributed by atoms with Crippen LogP contribution in [0.5, 0.6) is 5.75 Å². The highest BCUT2D eigenvalue weighted by molar-refractivity contribution is 5.33.